The zero-order chi connectivity index (χ0) is 71.2. The Hall–Kier alpha value is -7.48. The Balaban J connectivity index is 0.000000306. The summed E-state index contributed by atoms with van der Waals surface area (Å²) in [5.74, 6) is -2.38. The maximum atomic E-state index is 12.8. The van der Waals surface area contributed by atoms with Crippen LogP contribution in [0, 0.1) is 17.8 Å². The molecule has 0 saturated carbocycles. The van der Waals surface area contributed by atoms with Crippen molar-refractivity contribution in [3.8, 4) is 0 Å². The minimum absolute atomic E-state index is 0.0233. The average molecular weight is 1350 g/mol. The minimum atomic E-state index is -1.02. The van der Waals surface area contributed by atoms with E-state index in [0.717, 1.165) is 16.7 Å². The molecule has 3 aliphatic heterocycles. The van der Waals surface area contributed by atoms with E-state index in [1.54, 1.807) is 90.0 Å². The molecule has 0 radical (unpaired) electrons. The number of Topliss-reactive ketones (excluding diaryl/α,β-unsaturated/α-hetero) is 1. The lowest BCUT2D eigenvalue weighted by Crippen LogP contribution is -2.47. The highest BCUT2D eigenvalue weighted by Crippen LogP contribution is 2.27. The molecule has 13 atom stereocenters. The second-order valence-electron chi connectivity index (χ2n) is 27.3. The van der Waals surface area contributed by atoms with Crippen LogP contribution in [0.25, 0.3) is 0 Å². The Kier molecular flexibility index (Phi) is 34.0. The number of hydrogen-bond acceptors (Lipinski definition) is 21. The third-order valence-electron chi connectivity index (χ3n) is 14.6. The van der Waals surface area contributed by atoms with Crippen LogP contribution in [0.3, 0.4) is 0 Å². The number of allylic oxidation sites excluding steroid dienone is 1. The van der Waals surface area contributed by atoms with E-state index >= 15 is 0 Å². The highest BCUT2D eigenvalue weighted by molar-refractivity contribution is 5.87. The molecular weight excluding hydrogens is 1240 g/mol. The van der Waals surface area contributed by atoms with E-state index in [0.29, 0.717) is 45.5 Å². The van der Waals surface area contributed by atoms with Crippen molar-refractivity contribution >= 4 is 47.8 Å². The third kappa shape index (κ3) is 32.5. The molecule has 0 spiro atoms. The van der Waals surface area contributed by atoms with Gasteiger partial charge in [-0.2, -0.15) is 0 Å². The van der Waals surface area contributed by atoms with Gasteiger partial charge in [0.15, 0.2) is 23.9 Å². The van der Waals surface area contributed by atoms with Crippen LogP contribution in [0.2, 0.25) is 0 Å². The van der Waals surface area contributed by atoms with Crippen molar-refractivity contribution in [3.63, 3.8) is 0 Å². The first-order valence-electron chi connectivity index (χ1n) is 32.8. The molecule has 3 amide bonds. The average Bonchev–Trinajstić information content (AvgIpc) is 1.59. The first-order chi connectivity index (χ1) is 45.1. The van der Waals surface area contributed by atoms with Gasteiger partial charge in [-0.1, -0.05) is 91.0 Å². The second-order valence-corrected chi connectivity index (χ2v) is 27.3. The molecule has 534 valence electrons. The van der Waals surface area contributed by atoms with Gasteiger partial charge in [-0.15, -0.1) is 0 Å². The maximum Gasteiger partial charge on any atom is 0.408 e. The number of rotatable bonds is 20. The fourth-order valence-corrected chi connectivity index (χ4v) is 10.3. The summed E-state index contributed by atoms with van der Waals surface area (Å²) in [6.45, 7) is 26.8. The Morgan fingerprint density at radius 2 is 0.812 bits per heavy atom. The summed E-state index contributed by atoms with van der Waals surface area (Å²) in [4.78, 5) is 97.4. The first kappa shape index (κ1) is 81.0. The summed E-state index contributed by atoms with van der Waals surface area (Å²) in [6.07, 6.45) is -0.619. The van der Waals surface area contributed by atoms with Crippen LogP contribution in [0.1, 0.15) is 133 Å². The number of benzene rings is 3. The molecule has 24 nitrogen and oxygen atoms in total. The van der Waals surface area contributed by atoms with Gasteiger partial charge in [-0.05, 0) is 146 Å². The standard InChI is InChI=1S/C24H37NO7.C24H35NO7.C24H33NO7/c3*1-16(26)11-12-30-21-17(2)31-22(27)20(25-23(28)32-24(3,4)5)15-29-14-19(21)13-18-9-7-6-8-10-18/h6-10,16-17,19-21,26H,11-15H2,1-5H3,(H,25,28);6-10,17,19-21H,11-15H2,1-5H3,(H,25,28);6-12,17,19-21H,13-15H2,1-5H3,(H,25,28)/b;;12-11+/t16?,17-,19-,20-,21-;2*17-,19-,20-,21-/m000/s1. The summed E-state index contributed by atoms with van der Waals surface area (Å²) < 4.78 is 68.2. The van der Waals surface area contributed by atoms with E-state index < -0.39 is 114 Å². The summed E-state index contributed by atoms with van der Waals surface area (Å²) >= 11 is 0. The number of ketones is 2. The number of nitrogens with one attached hydrogen (secondary N) is 3. The molecule has 3 saturated heterocycles. The number of carbonyl (C=O) groups excluding carboxylic acids is 8. The number of aliphatic hydroxyl groups excluding tert-OH is 1. The summed E-state index contributed by atoms with van der Waals surface area (Å²) in [5.41, 5.74) is 1.20. The van der Waals surface area contributed by atoms with E-state index in [9.17, 15) is 43.5 Å². The number of cyclic esters (lactones) is 3. The molecular formula is C72H105N3O21. The molecule has 3 aliphatic rings. The number of alkyl carbamates (subject to hydrolysis) is 3. The summed E-state index contributed by atoms with van der Waals surface area (Å²) in [7, 11) is 0. The molecule has 4 N–H and O–H groups in total. The number of amides is 3. The monoisotopic (exact) mass is 1350 g/mol. The van der Waals surface area contributed by atoms with Gasteiger partial charge in [-0.3, -0.25) is 9.59 Å². The van der Waals surface area contributed by atoms with E-state index in [2.05, 4.69) is 16.0 Å². The zero-order valence-corrected chi connectivity index (χ0v) is 58.6. The number of aliphatic hydroxyl groups is 1. The van der Waals surface area contributed by atoms with Crippen molar-refractivity contribution in [1.82, 2.24) is 16.0 Å². The molecule has 6 rings (SSSR count). The van der Waals surface area contributed by atoms with Crippen LogP contribution in [-0.4, -0.2) is 183 Å². The highest BCUT2D eigenvalue weighted by atomic mass is 16.6. The number of ether oxygens (including phenoxy) is 12. The summed E-state index contributed by atoms with van der Waals surface area (Å²) in [6, 6.07) is 26.7. The predicted octanol–water partition coefficient (Wildman–Crippen LogP) is 9.11. The van der Waals surface area contributed by atoms with Gasteiger partial charge in [-0.25, -0.2) is 28.8 Å². The van der Waals surface area contributed by atoms with Gasteiger partial charge in [0.1, 0.15) is 47.0 Å². The summed E-state index contributed by atoms with van der Waals surface area (Å²) in [5, 5.41) is 17.2. The van der Waals surface area contributed by atoms with Gasteiger partial charge >= 0.3 is 36.2 Å². The molecule has 0 bridgehead atoms. The van der Waals surface area contributed by atoms with Crippen molar-refractivity contribution in [2.45, 2.75) is 214 Å². The van der Waals surface area contributed by atoms with E-state index in [1.165, 1.54) is 26.2 Å². The maximum absolute atomic E-state index is 12.8. The molecule has 1 unspecified atom stereocenters. The van der Waals surface area contributed by atoms with E-state index in [1.807, 2.05) is 91.0 Å². The van der Waals surface area contributed by atoms with Crippen molar-refractivity contribution in [2.24, 2.45) is 17.8 Å². The molecule has 0 aromatic heterocycles. The fourth-order valence-electron chi connectivity index (χ4n) is 10.3. The fraction of sp³-hybridized carbons (Fsp3) is 0.611. The first-order valence-corrected chi connectivity index (χ1v) is 32.8. The quantitative estimate of drug-likeness (QED) is 0.0355. The Morgan fingerprint density at radius 1 is 0.500 bits per heavy atom. The van der Waals surface area contributed by atoms with Gasteiger partial charge in [0.2, 0.25) is 0 Å². The lowest BCUT2D eigenvalue weighted by molar-refractivity contribution is -0.161. The molecule has 3 heterocycles. The second kappa shape index (κ2) is 40.3. The number of esters is 3. The Bertz CT molecular complexity index is 2890. The van der Waals surface area contributed by atoms with E-state index in [-0.39, 0.29) is 68.8 Å². The van der Waals surface area contributed by atoms with Gasteiger partial charge < -0.3 is 77.9 Å². The van der Waals surface area contributed by atoms with Crippen molar-refractivity contribution < 1.29 is 100 Å². The third-order valence-corrected chi connectivity index (χ3v) is 14.6. The van der Waals surface area contributed by atoms with Crippen molar-refractivity contribution in [2.75, 3.05) is 52.9 Å². The van der Waals surface area contributed by atoms with Crippen LogP contribution in [0.5, 0.6) is 0 Å². The van der Waals surface area contributed by atoms with Crippen LogP contribution in [0.4, 0.5) is 14.4 Å². The molecule has 96 heavy (non-hydrogen) atoms. The molecule has 0 aliphatic carbocycles. The smallest absolute Gasteiger partial charge is 0.408 e. The lowest BCUT2D eigenvalue weighted by Gasteiger charge is -2.31. The molecule has 24 heteroatoms. The van der Waals surface area contributed by atoms with Gasteiger partial charge in [0.25, 0.3) is 0 Å². The van der Waals surface area contributed by atoms with Crippen LogP contribution >= 0.6 is 0 Å². The zero-order valence-electron chi connectivity index (χ0n) is 58.6. The van der Waals surface area contributed by atoms with Crippen LogP contribution in [-0.2, 0) is 100 Å². The molecule has 3 aromatic rings. The Morgan fingerprint density at radius 3 is 1.11 bits per heavy atom. The number of hydrogen-bond donors (Lipinski definition) is 4. The number of carbonyl (C=O) groups is 8. The minimum Gasteiger partial charge on any atom is -0.494 e. The molecule has 3 fully saturated rings. The highest BCUT2D eigenvalue weighted by Gasteiger charge is 2.40. The lowest BCUT2D eigenvalue weighted by atomic mass is 9.91. The van der Waals surface area contributed by atoms with Gasteiger partial charge in [0, 0.05) is 36.9 Å². The van der Waals surface area contributed by atoms with Crippen molar-refractivity contribution in [3.05, 3.63) is 120 Å². The topological polar surface area (TPSA) is 304 Å². The van der Waals surface area contributed by atoms with Crippen LogP contribution < -0.4 is 16.0 Å². The van der Waals surface area contributed by atoms with Gasteiger partial charge in [0.05, 0.1) is 70.8 Å². The Labute approximate surface area is 566 Å². The predicted molar refractivity (Wildman–Crippen MR) is 355 cm³/mol. The largest absolute Gasteiger partial charge is 0.494 e. The SMILES string of the molecule is CC(=O)/C=C/O[C@@H]1[C@@H](Cc2ccccc2)COC[C@H](NC(=O)OC(C)(C)C)C(=O)O[C@H]1C.CC(=O)CCO[C@@H]1[C@@H](Cc2ccccc2)COC[C@H](NC(=O)OC(C)(C)C)C(=O)O[C@H]1C.CC(O)CCO[C@@H]1[C@@H](Cc2ccccc2)COC[C@H](NC(=O)OC(C)(C)C)C(=O)O[C@H]1C. The normalized spacial score (nSPS) is 24.9. The van der Waals surface area contributed by atoms with E-state index in [4.69, 9.17) is 56.8 Å². The van der Waals surface area contributed by atoms with Crippen molar-refractivity contribution in [1.29, 1.82) is 0 Å². The van der Waals surface area contributed by atoms with Crippen LogP contribution in [0.15, 0.2) is 103 Å². The molecule has 3 aromatic carbocycles.